The van der Waals surface area contributed by atoms with Crippen molar-refractivity contribution in [3.8, 4) is 0 Å². The lowest BCUT2D eigenvalue weighted by molar-refractivity contribution is 0.397. The first kappa shape index (κ1) is 11.6. The Morgan fingerprint density at radius 1 is 1.38 bits per heavy atom. The molecule has 0 aliphatic carbocycles. The molecule has 1 fully saturated rings. The SMILES string of the molecule is Cc1ccc(CNC2CCN(C)C2)c(C)c1. The van der Waals surface area contributed by atoms with E-state index < -0.39 is 0 Å². The highest BCUT2D eigenvalue weighted by atomic mass is 15.2. The van der Waals surface area contributed by atoms with Crippen molar-refractivity contribution in [3.05, 3.63) is 34.9 Å². The Morgan fingerprint density at radius 2 is 2.19 bits per heavy atom. The number of likely N-dealkylation sites (N-methyl/N-ethyl adjacent to an activating group) is 1. The summed E-state index contributed by atoms with van der Waals surface area (Å²) in [6.45, 7) is 7.76. The molecule has 88 valence electrons. The Kier molecular flexibility index (Phi) is 3.62. The average molecular weight is 218 g/mol. The van der Waals surface area contributed by atoms with E-state index in [-0.39, 0.29) is 0 Å². The fourth-order valence-corrected chi connectivity index (χ4v) is 2.40. The predicted octanol–water partition coefficient (Wildman–Crippen LogP) is 2.10. The van der Waals surface area contributed by atoms with Gasteiger partial charge in [0.05, 0.1) is 0 Å². The molecule has 2 nitrogen and oxygen atoms in total. The second-order valence-electron chi connectivity index (χ2n) is 5.06. The number of rotatable bonds is 3. The molecule has 1 unspecified atom stereocenters. The van der Waals surface area contributed by atoms with E-state index in [0.29, 0.717) is 6.04 Å². The largest absolute Gasteiger partial charge is 0.309 e. The molecular weight excluding hydrogens is 196 g/mol. The van der Waals surface area contributed by atoms with Crippen LogP contribution in [0.1, 0.15) is 23.1 Å². The summed E-state index contributed by atoms with van der Waals surface area (Å²) in [6.07, 6.45) is 1.28. The highest BCUT2D eigenvalue weighted by Crippen LogP contribution is 2.12. The maximum absolute atomic E-state index is 3.65. The van der Waals surface area contributed by atoms with E-state index >= 15 is 0 Å². The van der Waals surface area contributed by atoms with Gasteiger partial charge >= 0.3 is 0 Å². The summed E-state index contributed by atoms with van der Waals surface area (Å²) in [4.78, 5) is 2.39. The standard InChI is InChI=1S/C14H22N2/c1-11-4-5-13(12(2)8-11)9-15-14-6-7-16(3)10-14/h4-5,8,14-15H,6-7,9-10H2,1-3H3. The number of benzene rings is 1. The van der Waals surface area contributed by atoms with E-state index in [1.807, 2.05) is 0 Å². The summed E-state index contributed by atoms with van der Waals surface area (Å²) in [6, 6.07) is 7.38. The van der Waals surface area contributed by atoms with E-state index in [1.54, 1.807) is 0 Å². The van der Waals surface area contributed by atoms with Gasteiger partial charge in [0, 0.05) is 19.1 Å². The fourth-order valence-electron chi connectivity index (χ4n) is 2.40. The molecule has 1 heterocycles. The van der Waals surface area contributed by atoms with Crippen LogP contribution in [0, 0.1) is 13.8 Å². The van der Waals surface area contributed by atoms with Gasteiger partial charge in [0.15, 0.2) is 0 Å². The zero-order valence-corrected chi connectivity index (χ0v) is 10.6. The Bertz CT molecular complexity index is 360. The van der Waals surface area contributed by atoms with E-state index in [9.17, 15) is 0 Å². The van der Waals surface area contributed by atoms with Crippen molar-refractivity contribution >= 4 is 0 Å². The van der Waals surface area contributed by atoms with Gasteiger partial charge in [-0.05, 0) is 45.0 Å². The van der Waals surface area contributed by atoms with Crippen LogP contribution >= 0.6 is 0 Å². The topological polar surface area (TPSA) is 15.3 Å². The molecule has 1 saturated heterocycles. The summed E-state index contributed by atoms with van der Waals surface area (Å²) < 4.78 is 0. The summed E-state index contributed by atoms with van der Waals surface area (Å²) in [5.41, 5.74) is 4.18. The number of aryl methyl sites for hydroxylation is 2. The maximum atomic E-state index is 3.65. The van der Waals surface area contributed by atoms with E-state index in [0.717, 1.165) is 6.54 Å². The van der Waals surface area contributed by atoms with Gasteiger partial charge in [0.1, 0.15) is 0 Å². The van der Waals surface area contributed by atoms with Gasteiger partial charge in [0.25, 0.3) is 0 Å². The third-order valence-electron chi connectivity index (χ3n) is 3.47. The van der Waals surface area contributed by atoms with Crippen LogP contribution in [0.3, 0.4) is 0 Å². The summed E-state index contributed by atoms with van der Waals surface area (Å²) in [5.74, 6) is 0. The Balaban J connectivity index is 1.89. The minimum absolute atomic E-state index is 0.672. The molecule has 0 amide bonds. The molecule has 0 spiro atoms. The van der Waals surface area contributed by atoms with Crippen LogP contribution < -0.4 is 5.32 Å². The van der Waals surface area contributed by atoms with Crippen molar-refractivity contribution in [1.82, 2.24) is 10.2 Å². The molecule has 0 aromatic heterocycles. The lowest BCUT2D eigenvalue weighted by atomic mass is 10.1. The van der Waals surface area contributed by atoms with Crippen LogP contribution in [0.2, 0.25) is 0 Å². The van der Waals surface area contributed by atoms with Crippen molar-refractivity contribution in [2.45, 2.75) is 32.9 Å². The molecule has 2 heteroatoms. The third-order valence-corrected chi connectivity index (χ3v) is 3.47. The minimum atomic E-state index is 0.672. The van der Waals surface area contributed by atoms with E-state index in [1.165, 1.54) is 36.2 Å². The second-order valence-corrected chi connectivity index (χ2v) is 5.06. The van der Waals surface area contributed by atoms with Crippen molar-refractivity contribution in [3.63, 3.8) is 0 Å². The van der Waals surface area contributed by atoms with Crippen molar-refractivity contribution < 1.29 is 0 Å². The number of hydrogen-bond donors (Lipinski definition) is 1. The van der Waals surface area contributed by atoms with Gasteiger partial charge < -0.3 is 10.2 Å². The van der Waals surface area contributed by atoms with E-state index in [4.69, 9.17) is 0 Å². The molecule has 16 heavy (non-hydrogen) atoms. The molecular formula is C14H22N2. The first-order valence-electron chi connectivity index (χ1n) is 6.13. The Morgan fingerprint density at radius 3 is 2.81 bits per heavy atom. The number of likely N-dealkylation sites (tertiary alicyclic amines) is 1. The molecule has 1 aliphatic heterocycles. The number of nitrogens with one attached hydrogen (secondary N) is 1. The highest BCUT2D eigenvalue weighted by Gasteiger charge is 2.18. The summed E-state index contributed by atoms with van der Waals surface area (Å²) in [5, 5.41) is 3.65. The minimum Gasteiger partial charge on any atom is -0.309 e. The lowest BCUT2D eigenvalue weighted by Crippen LogP contribution is -2.31. The van der Waals surface area contributed by atoms with Crippen molar-refractivity contribution in [2.24, 2.45) is 0 Å². The van der Waals surface area contributed by atoms with E-state index in [2.05, 4.69) is 49.3 Å². The molecule has 1 aliphatic rings. The zero-order chi connectivity index (χ0) is 11.5. The Labute approximate surface area is 98.7 Å². The normalized spacial score (nSPS) is 21.6. The van der Waals surface area contributed by atoms with Gasteiger partial charge in [-0.1, -0.05) is 23.8 Å². The monoisotopic (exact) mass is 218 g/mol. The number of nitrogens with zero attached hydrogens (tertiary/aromatic N) is 1. The molecule has 1 N–H and O–H groups in total. The first-order chi connectivity index (χ1) is 7.65. The third kappa shape index (κ3) is 2.83. The lowest BCUT2D eigenvalue weighted by Gasteiger charge is -2.14. The molecule has 0 bridgehead atoms. The van der Waals surface area contributed by atoms with Crippen LogP contribution in [0.25, 0.3) is 0 Å². The summed E-state index contributed by atoms with van der Waals surface area (Å²) in [7, 11) is 2.19. The van der Waals surface area contributed by atoms with Crippen molar-refractivity contribution in [1.29, 1.82) is 0 Å². The van der Waals surface area contributed by atoms with Gasteiger partial charge in [-0.3, -0.25) is 0 Å². The van der Waals surface area contributed by atoms with Crippen LogP contribution in [0.15, 0.2) is 18.2 Å². The average Bonchev–Trinajstić information content (AvgIpc) is 2.63. The molecule has 1 atom stereocenters. The molecule has 2 rings (SSSR count). The second kappa shape index (κ2) is 4.98. The van der Waals surface area contributed by atoms with Crippen molar-refractivity contribution in [2.75, 3.05) is 20.1 Å². The Hall–Kier alpha value is -0.860. The number of hydrogen-bond acceptors (Lipinski definition) is 2. The quantitative estimate of drug-likeness (QED) is 0.836. The molecule has 1 aromatic rings. The highest BCUT2D eigenvalue weighted by molar-refractivity contribution is 5.30. The van der Waals surface area contributed by atoms with Gasteiger partial charge in [-0.25, -0.2) is 0 Å². The molecule has 0 saturated carbocycles. The van der Waals surface area contributed by atoms with Crippen LogP contribution in [-0.4, -0.2) is 31.1 Å². The molecule has 1 aromatic carbocycles. The van der Waals surface area contributed by atoms with Crippen LogP contribution in [0.5, 0.6) is 0 Å². The van der Waals surface area contributed by atoms with Gasteiger partial charge in [-0.2, -0.15) is 0 Å². The van der Waals surface area contributed by atoms with Crippen LogP contribution in [-0.2, 0) is 6.54 Å². The zero-order valence-electron chi connectivity index (χ0n) is 10.6. The smallest absolute Gasteiger partial charge is 0.0211 e. The first-order valence-corrected chi connectivity index (χ1v) is 6.13. The van der Waals surface area contributed by atoms with Gasteiger partial charge in [0.2, 0.25) is 0 Å². The van der Waals surface area contributed by atoms with Gasteiger partial charge in [-0.15, -0.1) is 0 Å². The predicted molar refractivity (Wildman–Crippen MR) is 68.7 cm³/mol. The molecule has 0 radical (unpaired) electrons. The van der Waals surface area contributed by atoms with Crippen LogP contribution in [0.4, 0.5) is 0 Å². The fraction of sp³-hybridized carbons (Fsp3) is 0.571. The summed E-state index contributed by atoms with van der Waals surface area (Å²) >= 11 is 0. The maximum Gasteiger partial charge on any atom is 0.0211 e.